The number of anilines is 1. The van der Waals surface area contributed by atoms with Crippen molar-refractivity contribution in [1.29, 1.82) is 0 Å². The summed E-state index contributed by atoms with van der Waals surface area (Å²) in [7, 11) is 0. The lowest BCUT2D eigenvalue weighted by Gasteiger charge is -2.22. The molecule has 27 heavy (non-hydrogen) atoms. The van der Waals surface area contributed by atoms with E-state index in [2.05, 4.69) is 18.8 Å². The zero-order chi connectivity index (χ0) is 19.6. The summed E-state index contributed by atoms with van der Waals surface area (Å²) in [4.78, 5) is 12.2. The molecule has 0 amide bonds. The van der Waals surface area contributed by atoms with Gasteiger partial charge in [0.15, 0.2) is 0 Å². The molecular formula is C22H26FNO3. The van der Waals surface area contributed by atoms with E-state index < -0.39 is 12.0 Å². The third kappa shape index (κ3) is 6.13. The van der Waals surface area contributed by atoms with Crippen molar-refractivity contribution in [2.45, 2.75) is 32.7 Å². The lowest BCUT2D eigenvalue weighted by molar-refractivity contribution is -0.138. The van der Waals surface area contributed by atoms with E-state index in [4.69, 9.17) is 9.47 Å². The minimum absolute atomic E-state index is 0.269. The zero-order valence-electron chi connectivity index (χ0n) is 15.8. The number of esters is 1. The van der Waals surface area contributed by atoms with Crippen molar-refractivity contribution in [3.05, 3.63) is 72.1 Å². The highest BCUT2D eigenvalue weighted by atomic mass is 19.1. The predicted molar refractivity (Wildman–Crippen MR) is 105 cm³/mol. The van der Waals surface area contributed by atoms with Gasteiger partial charge >= 0.3 is 5.97 Å². The zero-order valence-corrected chi connectivity index (χ0v) is 15.8. The Kier molecular flexibility index (Phi) is 7.86. The minimum Gasteiger partial charge on any atom is -0.494 e. The first-order valence-electron chi connectivity index (χ1n) is 9.16. The van der Waals surface area contributed by atoms with Crippen LogP contribution in [0.3, 0.4) is 0 Å². The van der Waals surface area contributed by atoms with Crippen LogP contribution < -0.4 is 10.1 Å². The monoisotopic (exact) mass is 371 g/mol. The van der Waals surface area contributed by atoms with E-state index in [-0.39, 0.29) is 18.0 Å². The van der Waals surface area contributed by atoms with Gasteiger partial charge in [0, 0.05) is 5.69 Å². The Morgan fingerprint density at radius 2 is 1.78 bits per heavy atom. The topological polar surface area (TPSA) is 47.6 Å². The lowest BCUT2D eigenvalue weighted by atomic mass is 9.99. The first kappa shape index (κ1) is 20.5. The molecule has 0 aliphatic rings. The van der Waals surface area contributed by atoms with Crippen LogP contribution in [0.25, 0.3) is 0 Å². The molecule has 1 N–H and O–H groups in total. The molecule has 0 radical (unpaired) electrons. The van der Waals surface area contributed by atoms with Crippen LogP contribution in [-0.2, 0) is 9.53 Å². The molecule has 0 fully saturated rings. The van der Waals surface area contributed by atoms with E-state index in [9.17, 15) is 9.18 Å². The van der Waals surface area contributed by atoms with Crippen LogP contribution in [0.15, 0.2) is 60.7 Å². The van der Waals surface area contributed by atoms with Crippen molar-refractivity contribution >= 4 is 11.7 Å². The van der Waals surface area contributed by atoms with Crippen LogP contribution in [0.1, 0.15) is 38.3 Å². The van der Waals surface area contributed by atoms with Gasteiger partial charge in [0.1, 0.15) is 11.6 Å². The Morgan fingerprint density at radius 1 is 1.11 bits per heavy atom. The highest BCUT2D eigenvalue weighted by Crippen LogP contribution is 2.28. The van der Waals surface area contributed by atoms with E-state index >= 15 is 0 Å². The number of hydrogen-bond acceptors (Lipinski definition) is 4. The molecule has 2 rings (SSSR count). The van der Waals surface area contributed by atoms with Gasteiger partial charge in [0.25, 0.3) is 0 Å². The number of benzene rings is 2. The third-order valence-corrected chi connectivity index (χ3v) is 4.02. The standard InChI is InChI=1S/C22H26FNO3/c1-4-6-15-27-20-13-7-17(8-14-20)21(16(3)22(25)26-5-2)24-19-11-9-18(23)10-12-19/h7-14,21,24H,3-6,15H2,1-2H3/t21-/m1/s1. The number of carbonyl (C=O) groups excluding carboxylic acids is 1. The van der Waals surface area contributed by atoms with Crippen molar-refractivity contribution < 1.29 is 18.7 Å². The molecule has 0 aliphatic heterocycles. The number of hydrogen-bond donors (Lipinski definition) is 1. The summed E-state index contributed by atoms with van der Waals surface area (Å²) in [5, 5.41) is 3.23. The number of nitrogens with one attached hydrogen (secondary N) is 1. The van der Waals surface area contributed by atoms with Crippen LogP contribution in [0, 0.1) is 5.82 Å². The van der Waals surface area contributed by atoms with Crippen LogP contribution >= 0.6 is 0 Å². The SMILES string of the molecule is C=C(C(=O)OCC)[C@@H](Nc1ccc(F)cc1)c1ccc(OCCCC)cc1. The molecule has 2 aromatic carbocycles. The fourth-order valence-electron chi connectivity index (χ4n) is 2.52. The quantitative estimate of drug-likeness (QED) is 0.351. The maximum Gasteiger partial charge on any atom is 0.335 e. The number of ether oxygens (including phenoxy) is 2. The summed E-state index contributed by atoms with van der Waals surface area (Å²) in [5.41, 5.74) is 1.79. The molecule has 0 spiro atoms. The Balaban J connectivity index is 2.21. The van der Waals surface area contributed by atoms with E-state index in [0.29, 0.717) is 12.3 Å². The normalized spacial score (nSPS) is 11.5. The van der Waals surface area contributed by atoms with Gasteiger partial charge in [-0.3, -0.25) is 0 Å². The second-order valence-electron chi connectivity index (χ2n) is 6.10. The Morgan fingerprint density at radius 3 is 2.37 bits per heavy atom. The van der Waals surface area contributed by atoms with Gasteiger partial charge in [-0.25, -0.2) is 9.18 Å². The van der Waals surface area contributed by atoms with E-state index in [0.717, 1.165) is 24.2 Å². The minimum atomic E-state index is -0.501. The van der Waals surface area contributed by atoms with Crippen molar-refractivity contribution in [3.63, 3.8) is 0 Å². The molecule has 0 unspecified atom stereocenters. The van der Waals surface area contributed by atoms with Crippen LogP contribution in [-0.4, -0.2) is 19.2 Å². The second kappa shape index (κ2) is 10.4. The number of rotatable bonds is 10. The molecular weight excluding hydrogens is 345 g/mol. The number of carbonyl (C=O) groups is 1. The second-order valence-corrected chi connectivity index (χ2v) is 6.10. The summed E-state index contributed by atoms with van der Waals surface area (Å²) in [6, 6.07) is 12.9. The average molecular weight is 371 g/mol. The third-order valence-electron chi connectivity index (χ3n) is 4.02. The van der Waals surface area contributed by atoms with Gasteiger partial charge in [-0.1, -0.05) is 32.1 Å². The molecule has 0 saturated carbocycles. The van der Waals surface area contributed by atoms with Crippen molar-refractivity contribution in [3.8, 4) is 5.75 Å². The molecule has 0 bridgehead atoms. The Hall–Kier alpha value is -2.82. The summed E-state index contributed by atoms with van der Waals surface area (Å²) in [5.74, 6) is -0.0234. The molecule has 5 heteroatoms. The fourth-order valence-corrected chi connectivity index (χ4v) is 2.52. The molecule has 4 nitrogen and oxygen atoms in total. The molecule has 2 aromatic rings. The summed E-state index contributed by atoms with van der Waals surface area (Å²) >= 11 is 0. The molecule has 0 aromatic heterocycles. The lowest BCUT2D eigenvalue weighted by Crippen LogP contribution is -2.20. The Labute approximate surface area is 160 Å². The van der Waals surface area contributed by atoms with E-state index in [1.54, 1.807) is 19.1 Å². The first-order valence-corrected chi connectivity index (χ1v) is 9.16. The Bertz CT molecular complexity index is 741. The van der Waals surface area contributed by atoms with E-state index in [1.165, 1.54) is 12.1 Å². The highest BCUT2D eigenvalue weighted by molar-refractivity contribution is 5.90. The van der Waals surface area contributed by atoms with Gasteiger partial charge in [0.2, 0.25) is 0 Å². The summed E-state index contributed by atoms with van der Waals surface area (Å²) in [6.45, 7) is 8.70. The van der Waals surface area contributed by atoms with Crippen molar-refractivity contribution in [2.75, 3.05) is 18.5 Å². The molecule has 144 valence electrons. The molecule has 0 saturated heterocycles. The van der Waals surface area contributed by atoms with Gasteiger partial charge in [-0.15, -0.1) is 0 Å². The van der Waals surface area contributed by atoms with E-state index in [1.807, 2.05) is 24.3 Å². The van der Waals surface area contributed by atoms with Crippen LogP contribution in [0.5, 0.6) is 5.75 Å². The fraction of sp³-hybridized carbons (Fsp3) is 0.318. The van der Waals surface area contributed by atoms with Crippen molar-refractivity contribution in [2.24, 2.45) is 0 Å². The first-order chi connectivity index (χ1) is 13.0. The van der Waals surface area contributed by atoms with Crippen LogP contribution in [0.4, 0.5) is 10.1 Å². The van der Waals surface area contributed by atoms with Crippen molar-refractivity contribution in [1.82, 2.24) is 0 Å². The number of unbranched alkanes of at least 4 members (excludes halogenated alkanes) is 1. The van der Waals surface area contributed by atoms with Gasteiger partial charge in [-0.2, -0.15) is 0 Å². The van der Waals surface area contributed by atoms with Gasteiger partial charge in [-0.05, 0) is 55.3 Å². The van der Waals surface area contributed by atoms with Crippen LogP contribution in [0.2, 0.25) is 0 Å². The summed E-state index contributed by atoms with van der Waals surface area (Å²) in [6.07, 6.45) is 2.07. The molecule has 0 heterocycles. The highest BCUT2D eigenvalue weighted by Gasteiger charge is 2.22. The molecule has 0 aliphatic carbocycles. The average Bonchev–Trinajstić information content (AvgIpc) is 2.68. The maximum absolute atomic E-state index is 13.2. The van der Waals surface area contributed by atoms with Gasteiger partial charge < -0.3 is 14.8 Å². The molecule has 1 atom stereocenters. The van der Waals surface area contributed by atoms with Gasteiger partial charge in [0.05, 0.1) is 24.8 Å². The smallest absolute Gasteiger partial charge is 0.335 e. The summed E-state index contributed by atoms with van der Waals surface area (Å²) < 4.78 is 23.9. The largest absolute Gasteiger partial charge is 0.494 e. The maximum atomic E-state index is 13.2. The predicted octanol–water partition coefficient (Wildman–Crippen LogP) is 5.28. The number of halogens is 1.